The highest BCUT2D eigenvalue weighted by atomic mass is 16.7. The Labute approximate surface area is 105 Å². The van der Waals surface area contributed by atoms with Crippen LogP contribution in [0.15, 0.2) is 0 Å². The molecule has 17 heavy (non-hydrogen) atoms. The molecule has 102 valence electrons. The van der Waals surface area contributed by atoms with Gasteiger partial charge >= 0.3 is 0 Å². The van der Waals surface area contributed by atoms with E-state index in [0.29, 0.717) is 5.92 Å². The van der Waals surface area contributed by atoms with E-state index < -0.39 is 6.29 Å². The topological polar surface area (TPSA) is 38.7 Å². The van der Waals surface area contributed by atoms with Crippen molar-refractivity contribution in [3.05, 3.63) is 0 Å². The molecule has 1 aliphatic heterocycles. The fourth-order valence-corrected chi connectivity index (χ4v) is 2.19. The molecule has 0 aromatic heterocycles. The highest BCUT2D eigenvalue weighted by Gasteiger charge is 2.18. The predicted molar refractivity (Wildman–Crippen MR) is 68.6 cm³/mol. The van der Waals surface area contributed by atoms with Crippen molar-refractivity contribution in [2.24, 2.45) is 5.92 Å². The van der Waals surface area contributed by atoms with Crippen molar-refractivity contribution in [3.63, 3.8) is 0 Å². The van der Waals surface area contributed by atoms with Crippen molar-refractivity contribution < 1.29 is 14.6 Å². The molecule has 3 nitrogen and oxygen atoms in total. The Bertz CT molecular complexity index is 178. The molecule has 0 bridgehead atoms. The fourth-order valence-electron chi connectivity index (χ4n) is 2.19. The molecule has 1 fully saturated rings. The highest BCUT2D eigenvalue weighted by molar-refractivity contribution is 4.58. The zero-order valence-corrected chi connectivity index (χ0v) is 11.4. The summed E-state index contributed by atoms with van der Waals surface area (Å²) in [6.07, 6.45) is 7.90. The molecular weight excluding hydrogens is 216 g/mol. The zero-order chi connectivity index (χ0) is 12.5. The van der Waals surface area contributed by atoms with Crippen molar-refractivity contribution in [2.75, 3.05) is 6.61 Å². The van der Waals surface area contributed by atoms with Gasteiger partial charge < -0.3 is 14.6 Å². The summed E-state index contributed by atoms with van der Waals surface area (Å²) in [5, 5.41) is 9.77. The van der Waals surface area contributed by atoms with Gasteiger partial charge in [-0.2, -0.15) is 0 Å². The Morgan fingerprint density at radius 1 is 1.29 bits per heavy atom. The molecule has 0 aliphatic carbocycles. The van der Waals surface area contributed by atoms with Crippen molar-refractivity contribution >= 4 is 0 Å². The molecule has 0 aromatic rings. The van der Waals surface area contributed by atoms with E-state index in [1.807, 2.05) is 0 Å². The Hall–Kier alpha value is -0.120. The van der Waals surface area contributed by atoms with E-state index >= 15 is 0 Å². The summed E-state index contributed by atoms with van der Waals surface area (Å²) in [5.41, 5.74) is 0. The van der Waals surface area contributed by atoms with Gasteiger partial charge in [-0.15, -0.1) is 0 Å². The number of hydrogen-bond donors (Lipinski definition) is 1. The maximum absolute atomic E-state index is 9.77. The molecule has 1 saturated heterocycles. The lowest BCUT2D eigenvalue weighted by molar-refractivity contribution is -0.242. The number of hydrogen-bond acceptors (Lipinski definition) is 3. The summed E-state index contributed by atoms with van der Waals surface area (Å²) in [5.74, 6) is 0.681. The average molecular weight is 244 g/mol. The summed E-state index contributed by atoms with van der Waals surface area (Å²) in [7, 11) is 0. The maximum atomic E-state index is 9.77. The van der Waals surface area contributed by atoms with Crippen LogP contribution >= 0.6 is 0 Å². The maximum Gasteiger partial charge on any atom is 0.160 e. The molecule has 3 atom stereocenters. The number of aliphatic hydroxyl groups is 1. The summed E-state index contributed by atoms with van der Waals surface area (Å²) in [6, 6.07) is 0. The van der Waals surface area contributed by atoms with Gasteiger partial charge in [0, 0.05) is 6.61 Å². The van der Waals surface area contributed by atoms with Crippen molar-refractivity contribution in [3.8, 4) is 0 Å². The van der Waals surface area contributed by atoms with E-state index in [0.717, 1.165) is 38.7 Å². The minimum atomic E-state index is -0.651. The normalized spacial score (nSPS) is 24.5. The third kappa shape index (κ3) is 7.02. The molecule has 1 aliphatic rings. The van der Waals surface area contributed by atoms with Crippen molar-refractivity contribution in [2.45, 2.75) is 77.8 Å². The lowest BCUT2D eigenvalue weighted by atomic mass is 9.99. The second-order valence-corrected chi connectivity index (χ2v) is 5.21. The Kier molecular flexibility index (Phi) is 7.82. The molecule has 1 rings (SSSR count). The highest BCUT2D eigenvalue weighted by Crippen LogP contribution is 2.19. The third-order valence-corrected chi connectivity index (χ3v) is 3.40. The fraction of sp³-hybridized carbons (Fsp3) is 1.00. The van der Waals surface area contributed by atoms with Crippen LogP contribution in [0.4, 0.5) is 0 Å². The van der Waals surface area contributed by atoms with Crippen LogP contribution < -0.4 is 0 Å². The van der Waals surface area contributed by atoms with Gasteiger partial charge in [-0.1, -0.05) is 33.1 Å². The molecule has 2 unspecified atom stereocenters. The van der Waals surface area contributed by atoms with E-state index in [1.165, 1.54) is 19.3 Å². The molecular formula is C14H28O3. The van der Waals surface area contributed by atoms with Crippen LogP contribution in [-0.2, 0) is 9.47 Å². The van der Waals surface area contributed by atoms with E-state index in [1.54, 1.807) is 0 Å². The van der Waals surface area contributed by atoms with Crippen LogP contribution in [0.5, 0.6) is 0 Å². The van der Waals surface area contributed by atoms with E-state index in [9.17, 15) is 5.11 Å². The molecule has 0 saturated carbocycles. The van der Waals surface area contributed by atoms with E-state index in [-0.39, 0.29) is 6.29 Å². The third-order valence-electron chi connectivity index (χ3n) is 3.40. The molecule has 0 aromatic carbocycles. The molecule has 3 heteroatoms. The van der Waals surface area contributed by atoms with Gasteiger partial charge in [-0.05, 0) is 38.0 Å². The Morgan fingerprint density at radius 2 is 2.12 bits per heavy atom. The van der Waals surface area contributed by atoms with Gasteiger partial charge in [-0.3, -0.25) is 0 Å². The standard InChI is InChI=1S/C14H28O3/c1-3-4-7-12(2)9-10-13(15)17-14-8-5-6-11-16-14/h12-15H,3-11H2,1-2H3/t12-,13?,14?/m0/s1. The van der Waals surface area contributed by atoms with Gasteiger partial charge in [-0.25, -0.2) is 0 Å². The Morgan fingerprint density at radius 3 is 2.76 bits per heavy atom. The monoisotopic (exact) mass is 244 g/mol. The smallest absolute Gasteiger partial charge is 0.160 e. The average Bonchev–Trinajstić information content (AvgIpc) is 2.35. The van der Waals surface area contributed by atoms with Crippen LogP contribution in [0, 0.1) is 5.92 Å². The Balaban J connectivity index is 2.05. The first-order valence-electron chi connectivity index (χ1n) is 7.17. The number of unbranched alkanes of at least 4 members (excludes halogenated alkanes) is 1. The minimum Gasteiger partial charge on any atom is -0.368 e. The van der Waals surface area contributed by atoms with Gasteiger partial charge in [0.05, 0.1) is 0 Å². The molecule has 0 radical (unpaired) electrons. The van der Waals surface area contributed by atoms with Gasteiger partial charge in [0.15, 0.2) is 12.6 Å². The number of ether oxygens (including phenoxy) is 2. The lowest BCUT2D eigenvalue weighted by Crippen LogP contribution is -2.28. The molecule has 0 spiro atoms. The van der Waals surface area contributed by atoms with Gasteiger partial charge in [0.25, 0.3) is 0 Å². The van der Waals surface area contributed by atoms with E-state index in [4.69, 9.17) is 9.47 Å². The second-order valence-electron chi connectivity index (χ2n) is 5.21. The molecule has 1 N–H and O–H groups in total. The number of aliphatic hydroxyl groups excluding tert-OH is 1. The first-order chi connectivity index (χ1) is 8.22. The number of rotatable bonds is 8. The molecule has 0 amide bonds. The first-order valence-corrected chi connectivity index (χ1v) is 7.17. The largest absolute Gasteiger partial charge is 0.368 e. The van der Waals surface area contributed by atoms with Gasteiger partial charge in [0.1, 0.15) is 0 Å². The van der Waals surface area contributed by atoms with Gasteiger partial charge in [0.2, 0.25) is 0 Å². The van der Waals surface area contributed by atoms with E-state index in [2.05, 4.69) is 13.8 Å². The van der Waals surface area contributed by atoms with Crippen LogP contribution in [0.1, 0.15) is 65.2 Å². The summed E-state index contributed by atoms with van der Waals surface area (Å²) < 4.78 is 10.9. The molecule has 1 heterocycles. The van der Waals surface area contributed by atoms with Crippen LogP contribution in [-0.4, -0.2) is 24.3 Å². The minimum absolute atomic E-state index is 0.176. The van der Waals surface area contributed by atoms with Crippen LogP contribution in [0.25, 0.3) is 0 Å². The zero-order valence-electron chi connectivity index (χ0n) is 11.4. The van der Waals surface area contributed by atoms with Crippen molar-refractivity contribution in [1.82, 2.24) is 0 Å². The van der Waals surface area contributed by atoms with Crippen LogP contribution in [0.3, 0.4) is 0 Å². The summed E-state index contributed by atoms with van der Waals surface area (Å²) >= 11 is 0. The SMILES string of the molecule is CCCC[C@H](C)CCC(O)OC1CCCCO1. The first kappa shape index (κ1) is 14.9. The summed E-state index contributed by atoms with van der Waals surface area (Å²) in [6.45, 7) is 5.23. The predicted octanol–water partition coefficient (Wildman–Crippen LogP) is 3.45. The quantitative estimate of drug-likeness (QED) is 0.665. The van der Waals surface area contributed by atoms with Crippen molar-refractivity contribution in [1.29, 1.82) is 0 Å². The van der Waals surface area contributed by atoms with Crippen LogP contribution in [0.2, 0.25) is 0 Å². The second kappa shape index (κ2) is 8.90. The summed E-state index contributed by atoms with van der Waals surface area (Å²) in [4.78, 5) is 0. The lowest BCUT2D eigenvalue weighted by Gasteiger charge is -2.25.